The number of nitrogens with zero attached hydrogens (tertiary/aromatic N) is 5. The van der Waals surface area contributed by atoms with Gasteiger partial charge in [0, 0.05) is 35.3 Å². The molecule has 0 radical (unpaired) electrons. The van der Waals surface area contributed by atoms with Crippen LogP contribution >= 0.6 is 23.4 Å². The molecule has 132 valence electrons. The minimum Gasteiger partial charge on any atom is -0.312 e. The number of anilines is 1. The van der Waals surface area contributed by atoms with Crippen molar-refractivity contribution in [2.24, 2.45) is 7.05 Å². The Morgan fingerprint density at radius 3 is 2.88 bits per heavy atom. The minimum atomic E-state index is -0.0462. The molecule has 1 aromatic carbocycles. The molecule has 8 heteroatoms. The summed E-state index contributed by atoms with van der Waals surface area (Å²) in [6, 6.07) is 9.72. The largest absolute Gasteiger partial charge is 0.312 e. The van der Waals surface area contributed by atoms with Gasteiger partial charge in [0.15, 0.2) is 5.16 Å². The number of benzene rings is 1. The van der Waals surface area contributed by atoms with Crippen molar-refractivity contribution in [3.8, 4) is 0 Å². The van der Waals surface area contributed by atoms with Crippen LogP contribution in [0, 0.1) is 0 Å². The summed E-state index contributed by atoms with van der Waals surface area (Å²) in [6.07, 6.45) is 3.25. The third-order valence-electron chi connectivity index (χ3n) is 4.40. The summed E-state index contributed by atoms with van der Waals surface area (Å²) in [6.45, 7) is 2.55. The van der Waals surface area contributed by atoms with Crippen molar-refractivity contribution in [1.29, 1.82) is 0 Å². The van der Waals surface area contributed by atoms with Crippen molar-refractivity contribution >= 4 is 35.0 Å². The van der Waals surface area contributed by atoms with Gasteiger partial charge in [-0.15, -0.1) is 10.2 Å². The smallest absolute Gasteiger partial charge is 0.259 e. The number of aryl methyl sites for hydroxylation is 1. The normalized spacial score (nSPS) is 14.6. The fraction of sp³-hybridized carbons (Fsp3) is 0.222. The Morgan fingerprint density at radius 1 is 1.31 bits per heavy atom. The average Bonchev–Trinajstić information content (AvgIpc) is 3.20. The van der Waals surface area contributed by atoms with Gasteiger partial charge >= 0.3 is 0 Å². The molecule has 1 amide bonds. The molecule has 3 aromatic rings. The number of fused-ring (bicyclic) bond motifs is 1. The molecule has 0 unspecified atom stereocenters. The zero-order valence-electron chi connectivity index (χ0n) is 14.3. The molecular weight excluding hydrogens is 370 g/mol. The maximum atomic E-state index is 12.7. The second-order valence-corrected chi connectivity index (χ2v) is 7.76. The molecular formula is C18H16ClN5OS. The molecule has 1 atom stereocenters. The number of thioether (sulfide) groups is 1. The molecule has 26 heavy (non-hydrogen) atoms. The van der Waals surface area contributed by atoms with Crippen LogP contribution in [0.15, 0.2) is 48.0 Å². The molecule has 4 rings (SSSR count). The first-order valence-corrected chi connectivity index (χ1v) is 9.36. The Morgan fingerprint density at radius 2 is 2.15 bits per heavy atom. The number of aromatic nitrogens is 4. The summed E-state index contributed by atoms with van der Waals surface area (Å²) in [7, 11) is 1.92. The highest BCUT2D eigenvalue weighted by Crippen LogP contribution is 2.36. The first-order chi connectivity index (χ1) is 12.5. The van der Waals surface area contributed by atoms with Crippen molar-refractivity contribution in [3.63, 3.8) is 0 Å². The third-order valence-corrected chi connectivity index (χ3v) is 5.93. The number of hydrogen-bond donors (Lipinski definition) is 0. The lowest BCUT2D eigenvalue weighted by atomic mass is 10.1. The lowest BCUT2D eigenvalue weighted by molar-refractivity contribution is 0.0996. The van der Waals surface area contributed by atoms with Crippen LogP contribution in [0.1, 0.15) is 33.7 Å². The van der Waals surface area contributed by atoms with E-state index in [1.54, 1.807) is 35.3 Å². The SMILES string of the molecule is C[C@H](Sc1nncn1C)c1cccc(N2Cc3c(ccnc3Cl)C2=O)c1. The van der Waals surface area contributed by atoms with Crippen molar-refractivity contribution in [1.82, 2.24) is 19.7 Å². The van der Waals surface area contributed by atoms with Crippen LogP contribution in [0.25, 0.3) is 0 Å². The van der Waals surface area contributed by atoms with Crippen molar-refractivity contribution < 1.29 is 4.79 Å². The summed E-state index contributed by atoms with van der Waals surface area (Å²) in [5, 5.41) is 9.44. The zero-order chi connectivity index (χ0) is 18.3. The van der Waals surface area contributed by atoms with Gasteiger partial charge in [-0.05, 0) is 30.7 Å². The Balaban J connectivity index is 1.60. The van der Waals surface area contributed by atoms with Crippen LogP contribution in [0.5, 0.6) is 0 Å². The van der Waals surface area contributed by atoms with E-state index in [1.807, 2.05) is 29.8 Å². The number of carbonyl (C=O) groups excluding carboxylic acids is 1. The number of hydrogen-bond acceptors (Lipinski definition) is 5. The standard InChI is InChI=1S/C18H16ClN5OS/c1-11(26-18-22-21-10-23(18)2)12-4-3-5-13(8-12)24-9-15-14(17(24)25)6-7-20-16(15)19/h3-8,10-11H,9H2,1-2H3/t11-/m0/s1. The monoisotopic (exact) mass is 385 g/mol. The van der Waals surface area contributed by atoms with Gasteiger partial charge in [0.25, 0.3) is 5.91 Å². The average molecular weight is 386 g/mol. The molecule has 0 saturated heterocycles. The van der Waals surface area contributed by atoms with Crippen LogP contribution in [-0.2, 0) is 13.6 Å². The second-order valence-electron chi connectivity index (χ2n) is 6.10. The Kier molecular flexibility index (Phi) is 4.42. The van der Waals surface area contributed by atoms with Gasteiger partial charge in [0.05, 0.1) is 6.54 Å². The van der Waals surface area contributed by atoms with E-state index in [2.05, 4.69) is 28.2 Å². The zero-order valence-corrected chi connectivity index (χ0v) is 15.8. The van der Waals surface area contributed by atoms with Crippen LogP contribution in [0.4, 0.5) is 5.69 Å². The minimum absolute atomic E-state index is 0.0462. The quantitative estimate of drug-likeness (QED) is 0.503. The van der Waals surface area contributed by atoms with Gasteiger partial charge < -0.3 is 9.47 Å². The molecule has 0 fully saturated rings. The number of pyridine rings is 1. The van der Waals surface area contributed by atoms with E-state index >= 15 is 0 Å². The summed E-state index contributed by atoms with van der Waals surface area (Å²) < 4.78 is 1.89. The highest BCUT2D eigenvalue weighted by atomic mass is 35.5. The predicted octanol–water partition coefficient (Wildman–Crippen LogP) is 3.88. The number of carbonyl (C=O) groups is 1. The van der Waals surface area contributed by atoms with Gasteiger partial charge in [-0.25, -0.2) is 4.98 Å². The van der Waals surface area contributed by atoms with Gasteiger partial charge in [0.1, 0.15) is 11.5 Å². The number of halogens is 1. The molecule has 1 aliphatic rings. The van der Waals surface area contributed by atoms with E-state index in [4.69, 9.17) is 11.6 Å². The van der Waals surface area contributed by atoms with E-state index in [-0.39, 0.29) is 11.2 Å². The van der Waals surface area contributed by atoms with Gasteiger partial charge in [0.2, 0.25) is 0 Å². The fourth-order valence-corrected chi connectivity index (χ4v) is 4.08. The van der Waals surface area contributed by atoms with E-state index in [1.165, 1.54) is 0 Å². The Bertz CT molecular complexity index is 989. The van der Waals surface area contributed by atoms with Gasteiger partial charge in [-0.1, -0.05) is 35.5 Å². The first-order valence-electron chi connectivity index (χ1n) is 8.10. The van der Waals surface area contributed by atoms with Crippen LogP contribution in [0.3, 0.4) is 0 Å². The lowest BCUT2D eigenvalue weighted by Crippen LogP contribution is -2.23. The van der Waals surface area contributed by atoms with E-state index < -0.39 is 0 Å². The predicted molar refractivity (Wildman–Crippen MR) is 101 cm³/mol. The summed E-state index contributed by atoms with van der Waals surface area (Å²) >= 11 is 7.78. The number of amides is 1. The Hall–Kier alpha value is -2.38. The Labute approximate surface area is 160 Å². The first kappa shape index (κ1) is 17.1. The molecule has 0 aliphatic carbocycles. The molecule has 6 nitrogen and oxygen atoms in total. The third kappa shape index (κ3) is 2.97. The maximum Gasteiger partial charge on any atom is 0.259 e. The van der Waals surface area contributed by atoms with E-state index in [0.717, 1.165) is 22.0 Å². The summed E-state index contributed by atoms with van der Waals surface area (Å²) in [5.74, 6) is -0.0462. The van der Waals surface area contributed by atoms with Crippen LogP contribution < -0.4 is 4.90 Å². The van der Waals surface area contributed by atoms with E-state index in [0.29, 0.717) is 17.3 Å². The molecule has 0 spiro atoms. The van der Waals surface area contributed by atoms with Gasteiger partial charge in [-0.3, -0.25) is 4.79 Å². The molecule has 1 aliphatic heterocycles. The molecule has 0 saturated carbocycles. The summed E-state index contributed by atoms with van der Waals surface area (Å²) in [4.78, 5) is 18.6. The van der Waals surface area contributed by atoms with Crippen LogP contribution in [-0.4, -0.2) is 25.7 Å². The molecule has 0 N–H and O–H groups in total. The van der Waals surface area contributed by atoms with Gasteiger partial charge in [-0.2, -0.15) is 0 Å². The lowest BCUT2D eigenvalue weighted by Gasteiger charge is -2.18. The second kappa shape index (κ2) is 6.74. The summed E-state index contributed by atoms with van der Waals surface area (Å²) in [5.41, 5.74) is 3.37. The highest BCUT2D eigenvalue weighted by molar-refractivity contribution is 7.99. The molecule has 2 aromatic heterocycles. The van der Waals surface area contributed by atoms with Crippen LogP contribution in [0.2, 0.25) is 5.15 Å². The number of rotatable bonds is 4. The van der Waals surface area contributed by atoms with Crippen molar-refractivity contribution in [2.45, 2.75) is 23.9 Å². The van der Waals surface area contributed by atoms with Crippen molar-refractivity contribution in [2.75, 3.05) is 4.90 Å². The molecule has 3 heterocycles. The van der Waals surface area contributed by atoms with E-state index in [9.17, 15) is 4.79 Å². The topological polar surface area (TPSA) is 63.9 Å². The van der Waals surface area contributed by atoms with Crippen molar-refractivity contribution in [3.05, 3.63) is 64.7 Å². The molecule has 0 bridgehead atoms. The highest BCUT2D eigenvalue weighted by Gasteiger charge is 2.30. The maximum absolute atomic E-state index is 12.7. The fourth-order valence-electron chi connectivity index (χ4n) is 2.95.